The van der Waals surface area contributed by atoms with E-state index in [-0.39, 0.29) is 5.56 Å². The van der Waals surface area contributed by atoms with E-state index in [1.165, 1.54) is 43.7 Å². The van der Waals surface area contributed by atoms with Gasteiger partial charge in [0.05, 0.1) is 5.69 Å². The monoisotopic (exact) mass is 432 g/mol. The van der Waals surface area contributed by atoms with Crippen LogP contribution in [0.5, 0.6) is 5.75 Å². The Morgan fingerprint density at radius 1 is 0.935 bits per heavy atom. The van der Waals surface area contributed by atoms with Crippen molar-refractivity contribution in [3.63, 3.8) is 0 Å². The number of hydrogen-bond donors (Lipinski definition) is 0. The minimum absolute atomic E-state index is 0.308. The summed E-state index contributed by atoms with van der Waals surface area (Å²) < 4.78 is 7.70. The normalized spacial score (nSPS) is 14.7. The van der Waals surface area contributed by atoms with Crippen molar-refractivity contribution in [2.45, 2.75) is 19.3 Å². The van der Waals surface area contributed by atoms with Gasteiger partial charge in [-0.3, -0.25) is 9.69 Å². The summed E-state index contributed by atoms with van der Waals surface area (Å²) in [6, 6.07) is 17.5. The predicted octanol–water partition coefficient (Wildman–Crippen LogP) is 4.35. The zero-order valence-electron chi connectivity index (χ0n) is 17.2. The first-order chi connectivity index (χ1) is 15.3. The van der Waals surface area contributed by atoms with Crippen molar-refractivity contribution in [3.05, 3.63) is 70.3 Å². The van der Waals surface area contributed by atoms with E-state index in [1.54, 1.807) is 4.52 Å². The van der Waals surface area contributed by atoms with Crippen LogP contribution in [0.15, 0.2) is 64.8 Å². The van der Waals surface area contributed by atoms with Gasteiger partial charge in [0.2, 0.25) is 4.96 Å². The standard InChI is InChI=1S/C24H24N4O2S/c29-23-22(19-7-3-1-4-8-19)26-28-21(17-31-24(28)25-23)18-9-11-20(12-10-18)30-16-15-27-13-5-2-6-14-27/h1,3-4,7-12,17H,2,5-6,13-16H2. The Balaban J connectivity index is 1.35. The fourth-order valence-electron chi connectivity index (χ4n) is 3.93. The maximum Gasteiger partial charge on any atom is 0.300 e. The first-order valence-corrected chi connectivity index (χ1v) is 11.6. The van der Waals surface area contributed by atoms with Crippen LogP contribution in [-0.4, -0.2) is 45.7 Å². The maximum atomic E-state index is 12.4. The fourth-order valence-corrected chi connectivity index (χ4v) is 4.76. The summed E-state index contributed by atoms with van der Waals surface area (Å²) in [4.78, 5) is 19.7. The summed E-state index contributed by atoms with van der Waals surface area (Å²) >= 11 is 1.41. The van der Waals surface area contributed by atoms with Crippen molar-refractivity contribution < 1.29 is 4.74 Å². The molecule has 158 valence electrons. The Labute approximate surface area is 184 Å². The number of hydrogen-bond acceptors (Lipinski definition) is 6. The van der Waals surface area contributed by atoms with Gasteiger partial charge in [-0.1, -0.05) is 36.8 Å². The number of fused-ring (bicyclic) bond motifs is 1. The van der Waals surface area contributed by atoms with Crippen LogP contribution in [0.2, 0.25) is 0 Å². The highest BCUT2D eigenvalue weighted by molar-refractivity contribution is 7.15. The van der Waals surface area contributed by atoms with Gasteiger partial charge in [-0.05, 0) is 50.2 Å². The van der Waals surface area contributed by atoms with Crippen LogP contribution in [0.3, 0.4) is 0 Å². The molecule has 2 aromatic carbocycles. The number of thiazole rings is 1. The average molecular weight is 433 g/mol. The van der Waals surface area contributed by atoms with Crippen LogP contribution in [0.4, 0.5) is 0 Å². The third kappa shape index (κ3) is 4.38. The van der Waals surface area contributed by atoms with Gasteiger partial charge in [0.15, 0.2) is 5.69 Å². The lowest BCUT2D eigenvalue weighted by Gasteiger charge is -2.26. The van der Waals surface area contributed by atoms with Crippen LogP contribution >= 0.6 is 11.3 Å². The second-order valence-electron chi connectivity index (χ2n) is 7.72. The number of piperidine rings is 1. The topological polar surface area (TPSA) is 59.7 Å². The van der Waals surface area contributed by atoms with Crippen molar-refractivity contribution in [3.8, 4) is 28.3 Å². The highest BCUT2D eigenvalue weighted by atomic mass is 32.1. The van der Waals surface area contributed by atoms with Gasteiger partial charge in [0.1, 0.15) is 12.4 Å². The second kappa shape index (κ2) is 8.99. The van der Waals surface area contributed by atoms with E-state index >= 15 is 0 Å². The maximum absolute atomic E-state index is 12.4. The smallest absolute Gasteiger partial charge is 0.300 e. The zero-order valence-corrected chi connectivity index (χ0v) is 18.1. The number of nitrogens with zero attached hydrogens (tertiary/aromatic N) is 4. The molecule has 1 saturated heterocycles. The van der Waals surface area contributed by atoms with E-state index in [1.807, 2.05) is 60.0 Å². The second-order valence-corrected chi connectivity index (χ2v) is 8.56. The van der Waals surface area contributed by atoms with Gasteiger partial charge < -0.3 is 4.74 Å². The first-order valence-electron chi connectivity index (χ1n) is 10.7. The predicted molar refractivity (Wildman–Crippen MR) is 124 cm³/mol. The third-order valence-electron chi connectivity index (χ3n) is 5.61. The van der Waals surface area contributed by atoms with E-state index in [4.69, 9.17) is 4.74 Å². The molecular formula is C24H24N4O2S. The summed E-state index contributed by atoms with van der Waals surface area (Å²) in [5.41, 5.74) is 2.73. The van der Waals surface area contributed by atoms with Crippen molar-refractivity contribution in [1.82, 2.24) is 19.5 Å². The summed E-state index contributed by atoms with van der Waals surface area (Å²) in [7, 11) is 0. The molecule has 4 aromatic rings. The average Bonchev–Trinajstić information content (AvgIpc) is 3.23. The van der Waals surface area contributed by atoms with Crippen LogP contribution in [0.25, 0.3) is 27.5 Å². The Morgan fingerprint density at radius 2 is 1.71 bits per heavy atom. The Kier molecular flexibility index (Phi) is 5.78. The number of aromatic nitrogens is 3. The molecule has 0 aliphatic carbocycles. The van der Waals surface area contributed by atoms with E-state index in [0.29, 0.717) is 17.3 Å². The van der Waals surface area contributed by atoms with Crippen molar-refractivity contribution in [2.75, 3.05) is 26.2 Å². The molecule has 2 aromatic heterocycles. The third-order valence-corrected chi connectivity index (χ3v) is 6.42. The van der Waals surface area contributed by atoms with E-state index in [2.05, 4.69) is 15.0 Å². The Morgan fingerprint density at radius 3 is 2.48 bits per heavy atom. The number of likely N-dealkylation sites (tertiary alicyclic amines) is 1. The summed E-state index contributed by atoms with van der Waals surface area (Å²) in [6.07, 6.45) is 3.94. The molecule has 0 radical (unpaired) electrons. The zero-order chi connectivity index (χ0) is 21.0. The molecule has 7 heteroatoms. The largest absolute Gasteiger partial charge is 0.492 e. The van der Waals surface area contributed by atoms with Gasteiger partial charge in [-0.2, -0.15) is 10.1 Å². The molecule has 0 amide bonds. The minimum Gasteiger partial charge on any atom is -0.492 e. The highest BCUT2D eigenvalue weighted by Crippen LogP contribution is 2.26. The quantitative estimate of drug-likeness (QED) is 0.453. The molecule has 3 heterocycles. The van der Waals surface area contributed by atoms with Crippen LogP contribution in [-0.2, 0) is 0 Å². The molecule has 0 spiro atoms. The number of rotatable bonds is 6. The summed E-state index contributed by atoms with van der Waals surface area (Å²) in [5.74, 6) is 0.864. The van der Waals surface area contributed by atoms with Crippen LogP contribution < -0.4 is 10.3 Å². The molecule has 5 rings (SSSR count). The van der Waals surface area contributed by atoms with Crippen molar-refractivity contribution in [2.24, 2.45) is 0 Å². The lowest BCUT2D eigenvalue weighted by Crippen LogP contribution is -2.33. The van der Waals surface area contributed by atoms with E-state index in [9.17, 15) is 4.79 Å². The molecule has 6 nitrogen and oxygen atoms in total. The Bertz CT molecular complexity index is 1210. The van der Waals surface area contributed by atoms with Gasteiger partial charge in [0.25, 0.3) is 0 Å². The minimum atomic E-state index is -0.308. The van der Waals surface area contributed by atoms with Crippen LogP contribution in [0.1, 0.15) is 19.3 Å². The van der Waals surface area contributed by atoms with Gasteiger partial charge in [-0.15, -0.1) is 11.3 Å². The summed E-state index contributed by atoms with van der Waals surface area (Å²) in [6.45, 7) is 4.04. The molecule has 1 fully saturated rings. The lowest BCUT2D eigenvalue weighted by molar-refractivity contribution is 0.183. The Hall–Kier alpha value is -3.03. The number of ether oxygens (including phenoxy) is 1. The van der Waals surface area contributed by atoms with Gasteiger partial charge in [-0.25, -0.2) is 4.52 Å². The van der Waals surface area contributed by atoms with Crippen LogP contribution in [0, 0.1) is 0 Å². The van der Waals surface area contributed by atoms with E-state index in [0.717, 1.165) is 29.1 Å². The van der Waals surface area contributed by atoms with Gasteiger partial charge >= 0.3 is 5.56 Å². The summed E-state index contributed by atoms with van der Waals surface area (Å²) in [5, 5.41) is 6.60. The SMILES string of the molecule is O=c1nc2scc(-c3ccc(OCCN4CCCCC4)cc3)n2nc1-c1ccccc1. The van der Waals surface area contributed by atoms with Crippen molar-refractivity contribution >= 4 is 16.3 Å². The highest BCUT2D eigenvalue weighted by Gasteiger charge is 2.14. The molecule has 0 unspecified atom stereocenters. The molecule has 0 bridgehead atoms. The molecule has 0 N–H and O–H groups in total. The first kappa shape index (κ1) is 19.9. The fraction of sp³-hybridized carbons (Fsp3) is 0.292. The lowest BCUT2D eigenvalue weighted by atomic mass is 10.1. The van der Waals surface area contributed by atoms with Gasteiger partial charge in [0, 0.05) is 23.1 Å². The molecule has 1 aliphatic heterocycles. The molecular weight excluding hydrogens is 408 g/mol. The molecule has 0 saturated carbocycles. The molecule has 1 aliphatic rings. The van der Waals surface area contributed by atoms with Crippen molar-refractivity contribution in [1.29, 1.82) is 0 Å². The van der Waals surface area contributed by atoms with E-state index < -0.39 is 0 Å². The molecule has 31 heavy (non-hydrogen) atoms. The number of benzene rings is 2. The molecule has 0 atom stereocenters.